The highest BCUT2D eigenvalue weighted by Gasteiger charge is 2.47. The summed E-state index contributed by atoms with van der Waals surface area (Å²) in [4.78, 5) is 24.1. The predicted molar refractivity (Wildman–Crippen MR) is 84.1 cm³/mol. The van der Waals surface area contributed by atoms with E-state index in [9.17, 15) is 14.7 Å². The summed E-state index contributed by atoms with van der Waals surface area (Å²) in [5, 5.41) is 12.5. The number of carboxylic acids is 1. The van der Waals surface area contributed by atoms with Crippen LogP contribution in [-0.2, 0) is 9.59 Å². The van der Waals surface area contributed by atoms with Crippen LogP contribution in [0, 0.1) is 23.7 Å². The number of fused-ring (bicyclic) bond motifs is 2. The Morgan fingerprint density at radius 3 is 2.45 bits per heavy atom. The predicted octanol–water partition coefficient (Wildman–Crippen LogP) is 2.91. The number of aliphatic carboxylic acids is 1. The van der Waals surface area contributed by atoms with Crippen LogP contribution in [0.3, 0.4) is 0 Å². The number of nitrogens with one attached hydrogen (secondary N) is 1. The Labute approximate surface area is 131 Å². The largest absolute Gasteiger partial charge is 0.481 e. The van der Waals surface area contributed by atoms with E-state index in [0.717, 1.165) is 32.1 Å². The van der Waals surface area contributed by atoms with Gasteiger partial charge in [0.05, 0.1) is 11.8 Å². The molecule has 2 N–H and O–H groups in total. The minimum atomic E-state index is -0.825. The zero-order chi connectivity index (χ0) is 15.5. The van der Waals surface area contributed by atoms with E-state index >= 15 is 0 Å². The van der Waals surface area contributed by atoms with Gasteiger partial charge in [-0.15, -0.1) is 0 Å². The first-order valence-electron chi connectivity index (χ1n) is 8.53. The molecule has 4 atom stereocenters. The molecule has 4 heteroatoms. The van der Waals surface area contributed by atoms with Crippen molar-refractivity contribution in [2.45, 2.75) is 44.9 Å². The van der Waals surface area contributed by atoms with Crippen molar-refractivity contribution in [1.82, 2.24) is 5.32 Å². The maximum atomic E-state index is 12.5. The minimum Gasteiger partial charge on any atom is -0.481 e. The molecule has 1 amide bonds. The Morgan fingerprint density at radius 2 is 1.86 bits per heavy atom. The molecule has 0 spiro atoms. The van der Waals surface area contributed by atoms with Crippen LogP contribution in [0.5, 0.6) is 0 Å². The maximum Gasteiger partial charge on any atom is 0.307 e. The molecule has 0 aromatic carbocycles. The van der Waals surface area contributed by atoms with E-state index in [2.05, 4.69) is 17.5 Å². The standard InChI is InChI=1S/C18H25NO3/c20-17(19-11-10-12-4-2-1-3-5-12)15-13-6-8-14(9-7-13)16(15)18(21)22/h4,6,8,13-16H,1-3,5,7,9-11H2,(H,19,20)(H,21,22)/t13-,14-,15+,16-/m0/s1. The maximum absolute atomic E-state index is 12.5. The van der Waals surface area contributed by atoms with Crippen LogP contribution in [0.15, 0.2) is 23.8 Å². The fourth-order valence-corrected chi connectivity index (χ4v) is 4.28. The third kappa shape index (κ3) is 3.11. The van der Waals surface area contributed by atoms with Gasteiger partial charge in [0.25, 0.3) is 0 Å². The van der Waals surface area contributed by atoms with Gasteiger partial charge in [-0.3, -0.25) is 9.59 Å². The van der Waals surface area contributed by atoms with Gasteiger partial charge in [-0.25, -0.2) is 0 Å². The van der Waals surface area contributed by atoms with E-state index in [-0.39, 0.29) is 23.7 Å². The lowest BCUT2D eigenvalue weighted by Crippen LogP contribution is -2.49. The second kappa shape index (κ2) is 6.67. The van der Waals surface area contributed by atoms with Crippen LogP contribution in [0.2, 0.25) is 0 Å². The van der Waals surface area contributed by atoms with Gasteiger partial charge in [0.2, 0.25) is 5.91 Å². The van der Waals surface area contributed by atoms with Crippen LogP contribution in [0.1, 0.15) is 44.9 Å². The van der Waals surface area contributed by atoms with Gasteiger partial charge in [0, 0.05) is 6.54 Å². The van der Waals surface area contributed by atoms with Gasteiger partial charge in [-0.2, -0.15) is 0 Å². The molecule has 0 saturated heterocycles. The summed E-state index contributed by atoms with van der Waals surface area (Å²) in [5.74, 6) is -1.70. The van der Waals surface area contributed by atoms with Crippen molar-refractivity contribution >= 4 is 11.9 Å². The lowest BCUT2D eigenvalue weighted by atomic mass is 9.62. The van der Waals surface area contributed by atoms with Gasteiger partial charge in [-0.1, -0.05) is 23.8 Å². The van der Waals surface area contributed by atoms with E-state index in [4.69, 9.17) is 0 Å². The Morgan fingerprint density at radius 1 is 1.14 bits per heavy atom. The molecular weight excluding hydrogens is 278 g/mol. The molecular formula is C18H25NO3. The Bertz CT molecular complexity index is 508. The summed E-state index contributed by atoms with van der Waals surface area (Å²) in [5.41, 5.74) is 1.44. The number of carbonyl (C=O) groups excluding carboxylic acids is 1. The average Bonchev–Trinajstić information content (AvgIpc) is 2.55. The Balaban J connectivity index is 1.57. The van der Waals surface area contributed by atoms with Crippen molar-refractivity contribution in [2.24, 2.45) is 23.7 Å². The monoisotopic (exact) mass is 303 g/mol. The number of rotatable bonds is 5. The third-order valence-electron chi connectivity index (χ3n) is 5.47. The summed E-state index contributed by atoms with van der Waals surface area (Å²) in [6, 6.07) is 0. The molecule has 1 fully saturated rings. The van der Waals surface area contributed by atoms with E-state index < -0.39 is 11.9 Å². The smallest absolute Gasteiger partial charge is 0.307 e. The quantitative estimate of drug-likeness (QED) is 0.767. The first kappa shape index (κ1) is 15.3. The lowest BCUT2D eigenvalue weighted by Gasteiger charge is -2.41. The highest BCUT2D eigenvalue weighted by Crippen LogP contribution is 2.45. The van der Waals surface area contributed by atoms with Gasteiger partial charge < -0.3 is 10.4 Å². The van der Waals surface area contributed by atoms with Gasteiger partial charge in [0.1, 0.15) is 0 Å². The number of carbonyl (C=O) groups is 2. The molecule has 4 nitrogen and oxygen atoms in total. The number of hydrogen-bond donors (Lipinski definition) is 2. The van der Waals surface area contributed by atoms with Crippen LogP contribution >= 0.6 is 0 Å². The summed E-state index contributed by atoms with van der Waals surface area (Å²) < 4.78 is 0. The number of amides is 1. The number of hydrogen-bond acceptors (Lipinski definition) is 2. The molecule has 0 aromatic heterocycles. The fraction of sp³-hybridized carbons (Fsp3) is 0.667. The van der Waals surface area contributed by atoms with Crippen molar-refractivity contribution in [1.29, 1.82) is 0 Å². The summed E-state index contributed by atoms with van der Waals surface area (Å²) in [7, 11) is 0. The lowest BCUT2D eigenvalue weighted by molar-refractivity contribution is -0.152. The topological polar surface area (TPSA) is 66.4 Å². The van der Waals surface area contributed by atoms with Crippen molar-refractivity contribution in [3.63, 3.8) is 0 Å². The molecule has 0 radical (unpaired) electrons. The van der Waals surface area contributed by atoms with Gasteiger partial charge in [0.15, 0.2) is 0 Å². The van der Waals surface area contributed by atoms with Crippen LogP contribution in [-0.4, -0.2) is 23.5 Å². The Kier molecular flexibility index (Phi) is 4.65. The highest BCUT2D eigenvalue weighted by molar-refractivity contribution is 5.86. The molecule has 1 saturated carbocycles. The first-order chi connectivity index (χ1) is 10.7. The molecule has 0 heterocycles. The van der Waals surface area contributed by atoms with Crippen molar-refractivity contribution in [3.8, 4) is 0 Å². The molecule has 4 aliphatic rings. The second-order valence-corrected chi connectivity index (χ2v) is 6.83. The van der Waals surface area contributed by atoms with Crippen molar-refractivity contribution in [2.75, 3.05) is 6.54 Å². The number of allylic oxidation sites excluding steroid dienone is 3. The second-order valence-electron chi connectivity index (χ2n) is 6.83. The molecule has 0 aromatic rings. The first-order valence-corrected chi connectivity index (χ1v) is 8.53. The number of carboxylic acid groups (broad SMARTS) is 1. The molecule has 0 unspecified atom stereocenters. The third-order valence-corrected chi connectivity index (χ3v) is 5.47. The summed E-state index contributed by atoms with van der Waals surface area (Å²) >= 11 is 0. The van der Waals surface area contributed by atoms with E-state index in [1.165, 1.54) is 18.4 Å². The molecule has 4 rings (SSSR count). The SMILES string of the molecule is O=C(O)[C@@H]1[C@H](C(=O)NCCC2=CCCCC2)[C@H]2C=C[C@H]1CC2. The van der Waals surface area contributed by atoms with Crippen molar-refractivity contribution < 1.29 is 14.7 Å². The average molecular weight is 303 g/mol. The van der Waals surface area contributed by atoms with E-state index in [1.54, 1.807) is 0 Å². The highest BCUT2D eigenvalue weighted by atomic mass is 16.4. The van der Waals surface area contributed by atoms with Crippen molar-refractivity contribution in [3.05, 3.63) is 23.8 Å². The normalized spacial score (nSPS) is 33.4. The van der Waals surface area contributed by atoms with Crippen LogP contribution in [0.25, 0.3) is 0 Å². The van der Waals surface area contributed by atoms with E-state index in [0.29, 0.717) is 6.54 Å². The fourth-order valence-electron chi connectivity index (χ4n) is 4.28. The van der Waals surface area contributed by atoms with Crippen LogP contribution < -0.4 is 5.32 Å². The molecule has 0 aliphatic heterocycles. The van der Waals surface area contributed by atoms with Gasteiger partial charge in [-0.05, 0) is 56.8 Å². The minimum absolute atomic E-state index is 0.0271. The van der Waals surface area contributed by atoms with E-state index in [1.807, 2.05) is 6.08 Å². The molecule has 120 valence electrons. The molecule has 4 aliphatic carbocycles. The zero-order valence-corrected chi connectivity index (χ0v) is 13.0. The summed E-state index contributed by atoms with van der Waals surface area (Å²) in [6.45, 7) is 0.634. The molecule has 2 bridgehead atoms. The Hall–Kier alpha value is -1.58. The van der Waals surface area contributed by atoms with Gasteiger partial charge >= 0.3 is 5.97 Å². The molecule has 22 heavy (non-hydrogen) atoms. The summed E-state index contributed by atoms with van der Waals surface area (Å²) in [6.07, 6.45) is 13.9. The van der Waals surface area contributed by atoms with Crippen LogP contribution in [0.4, 0.5) is 0 Å². The zero-order valence-electron chi connectivity index (χ0n) is 13.0.